The van der Waals surface area contributed by atoms with Crippen molar-refractivity contribution >= 4 is 17.2 Å². The fourth-order valence-electron chi connectivity index (χ4n) is 4.11. The molecule has 182 valence electrons. The van der Waals surface area contributed by atoms with E-state index in [0.29, 0.717) is 41.6 Å². The number of fused-ring (bicyclic) bond motifs is 1. The number of anilines is 1. The molecule has 0 aliphatic carbocycles. The van der Waals surface area contributed by atoms with Crippen LogP contribution < -0.4 is 15.2 Å². The number of ether oxygens (including phenoxy) is 2. The van der Waals surface area contributed by atoms with E-state index in [1.807, 2.05) is 52.7 Å². The lowest BCUT2D eigenvalue weighted by Gasteiger charge is -2.14. The highest BCUT2D eigenvalue weighted by Gasteiger charge is 2.30. The average molecular weight is 475 g/mol. The van der Waals surface area contributed by atoms with E-state index in [0.717, 1.165) is 24.4 Å². The molecule has 2 aromatic heterocycles. The van der Waals surface area contributed by atoms with E-state index in [4.69, 9.17) is 20.2 Å². The number of nitrogen functional groups attached to an aromatic ring is 1. The minimum Gasteiger partial charge on any atom is -0.497 e. The molecule has 1 aliphatic rings. The first-order valence-corrected chi connectivity index (χ1v) is 11.4. The quantitative estimate of drug-likeness (QED) is 0.432. The standard InChI is InChI=1S/C26H30N6O3/c1-30(2)11-5-6-23(33)31-12-9-19(17-31)26-29-22(24-25(27)28-10-13-32(24)26)8-7-18-14-20(34-3)16-21(15-18)35-4/h5-6,10,13-16,19H,9,11-12,17H2,1-4H3,(H2,27,28)/b6-5+/t19-/m0/s1. The number of nitrogens with two attached hydrogens (primary N) is 1. The maximum Gasteiger partial charge on any atom is 0.246 e. The molecule has 4 rings (SSSR count). The van der Waals surface area contributed by atoms with Crippen LogP contribution in [-0.2, 0) is 4.79 Å². The Hall–Kier alpha value is -4.03. The maximum atomic E-state index is 12.6. The summed E-state index contributed by atoms with van der Waals surface area (Å²) in [5, 5.41) is 0. The molecule has 0 unspecified atom stereocenters. The van der Waals surface area contributed by atoms with E-state index in [1.165, 1.54) is 0 Å². The fourth-order valence-corrected chi connectivity index (χ4v) is 4.11. The topological polar surface area (TPSA) is 98.2 Å². The van der Waals surface area contributed by atoms with Crippen molar-refractivity contribution in [2.75, 3.05) is 53.7 Å². The summed E-state index contributed by atoms with van der Waals surface area (Å²) in [5.74, 6) is 8.88. The van der Waals surface area contributed by atoms with Gasteiger partial charge in [-0.1, -0.05) is 12.0 Å². The van der Waals surface area contributed by atoms with Gasteiger partial charge in [0, 0.05) is 55.7 Å². The number of hydrogen-bond acceptors (Lipinski definition) is 7. The lowest BCUT2D eigenvalue weighted by atomic mass is 10.1. The molecular weight excluding hydrogens is 444 g/mol. The number of likely N-dealkylation sites (N-methyl/N-ethyl adjacent to an activating group) is 1. The molecule has 0 spiro atoms. The molecule has 35 heavy (non-hydrogen) atoms. The van der Waals surface area contributed by atoms with Crippen LogP contribution in [0.15, 0.2) is 42.7 Å². The monoisotopic (exact) mass is 474 g/mol. The molecule has 0 radical (unpaired) electrons. The number of aromatic nitrogens is 3. The number of hydrogen-bond donors (Lipinski definition) is 1. The highest BCUT2D eigenvalue weighted by molar-refractivity contribution is 5.87. The lowest BCUT2D eigenvalue weighted by Crippen LogP contribution is -2.27. The maximum absolute atomic E-state index is 12.6. The van der Waals surface area contributed by atoms with Gasteiger partial charge in [0.15, 0.2) is 5.82 Å². The summed E-state index contributed by atoms with van der Waals surface area (Å²) < 4.78 is 12.6. The Morgan fingerprint density at radius 3 is 2.66 bits per heavy atom. The van der Waals surface area contributed by atoms with Crippen molar-refractivity contribution < 1.29 is 14.3 Å². The Labute approximate surface area is 205 Å². The summed E-state index contributed by atoms with van der Waals surface area (Å²) in [6.07, 6.45) is 7.84. The van der Waals surface area contributed by atoms with E-state index in [1.54, 1.807) is 32.6 Å². The smallest absolute Gasteiger partial charge is 0.246 e. The summed E-state index contributed by atoms with van der Waals surface area (Å²) >= 11 is 0. The molecule has 0 saturated carbocycles. The number of likely N-dealkylation sites (tertiary alicyclic amines) is 1. The number of methoxy groups -OCH3 is 2. The van der Waals surface area contributed by atoms with Crippen LogP contribution in [0, 0.1) is 11.8 Å². The second-order valence-corrected chi connectivity index (χ2v) is 8.64. The zero-order valence-corrected chi connectivity index (χ0v) is 20.5. The van der Waals surface area contributed by atoms with E-state index in [2.05, 4.69) is 16.8 Å². The van der Waals surface area contributed by atoms with Crippen LogP contribution in [0.4, 0.5) is 5.82 Å². The van der Waals surface area contributed by atoms with Crippen LogP contribution in [0.5, 0.6) is 11.5 Å². The molecule has 0 bridgehead atoms. The van der Waals surface area contributed by atoms with Crippen LogP contribution in [0.3, 0.4) is 0 Å². The van der Waals surface area contributed by atoms with Gasteiger partial charge < -0.3 is 25.0 Å². The zero-order chi connectivity index (χ0) is 24.9. The van der Waals surface area contributed by atoms with E-state index < -0.39 is 0 Å². The van der Waals surface area contributed by atoms with Crippen molar-refractivity contribution in [1.29, 1.82) is 0 Å². The highest BCUT2D eigenvalue weighted by Crippen LogP contribution is 2.30. The molecule has 9 heteroatoms. The first-order valence-electron chi connectivity index (χ1n) is 11.4. The Balaban J connectivity index is 1.63. The number of carbonyl (C=O) groups excluding carboxylic acids is 1. The predicted octanol–water partition coefficient (Wildman–Crippen LogP) is 2.16. The van der Waals surface area contributed by atoms with Gasteiger partial charge >= 0.3 is 0 Å². The van der Waals surface area contributed by atoms with Gasteiger partial charge in [0.25, 0.3) is 0 Å². The molecule has 1 saturated heterocycles. The molecule has 9 nitrogen and oxygen atoms in total. The van der Waals surface area contributed by atoms with Crippen molar-refractivity contribution in [3.63, 3.8) is 0 Å². The normalized spacial score (nSPS) is 15.6. The molecule has 2 N–H and O–H groups in total. The number of rotatable bonds is 6. The van der Waals surface area contributed by atoms with Crippen LogP contribution in [0.2, 0.25) is 0 Å². The van der Waals surface area contributed by atoms with Crippen molar-refractivity contribution in [3.8, 4) is 23.3 Å². The molecule has 1 fully saturated rings. The minimum atomic E-state index is 0.0170. The zero-order valence-electron chi connectivity index (χ0n) is 20.5. The summed E-state index contributed by atoms with van der Waals surface area (Å²) in [7, 11) is 7.13. The summed E-state index contributed by atoms with van der Waals surface area (Å²) in [4.78, 5) is 25.6. The van der Waals surface area contributed by atoms with Gasteiger partial charge in [0.05, 0.1) is 14.2 Å². The first kappa shape index (κ1) is 24.1. The number of benzene rings is 1. The van der Waals surface area contributed by atoms with E-state index in [9.17, 15) is 4.79 Å². The summed E-state index contributed by atoms with van der Waals surface area (Å²) in [6, 6.07) is 5.46. The molecule has 1 aliphatic heterocycles. The third-order valence-corrected chi connectivity index (χ3v) is 5.88. The van der Waals surface area contributed by atoms with Crippen LogP contribution in [-0.4, -0.2) is 78.0 Å². The fraction of sp³-hybridized carbons (Fsp3) is 0.346. The Kier molecular flexibility index (Phi) is 7.22. The van der Waals surface area contributed by atoms with E-state index in [-0.39, 0.29) is 11.8 Å². The van der Waals surface area contributed by atoms with Gasteiger partial charge in [-0.3, -0.25) is 9.20 Å². The van der Waals surface area contributed by atoms with E-state index >= 15 is 0 Å². The number of imidazole rings is 1. The Bertz CT molecular complexity index is 1300. The molecule has 1 aromatic carbocycles. The van der Waals surface area contributed by atoms with Crippen LogP contribution >= 0.6 is 0 Å². The Morgan fingerprint density at radius 2 is 1.97 bits per heavy atom. The SMILES string of the molecule is COc1cc(C#Cc2nc([C@H]3CCN(C(=O)/C=C/CN(C)C)C3)n3ccnc(N)c23)cc(OC)c1. The molecule has 1 atom stereocenters. The van der Waals surface area contributed by atoms with Crippen LogP contribution in [0.25, 0.3) is 5.52 Å². The van der Waals surface area contributed by atoms with Gasteiger partial charge in [-0.25, -0.2) is 9.97 Å². The second kappa shape index (κ2) is 10.5. The number of nitrogens with zero attached hydrogens (tertiary/aromatic N) is 5. The number of carbonyl (C=O) groups is 1. The predicted molar refractivity (Wildman–Crippen MR) is 135 cm³/mol. The lowest BCUT2D eigenvalue weighted by molar-refractivity contribution is -0.125. The summed E-state index contributed by atoms with van der Waals surface area (Å²) in [5.41, 5.74) is 8.17. The largest absolute Gasteiger partial charge is 0.497 e. The first-order chi connectivity index (χ1) is 16.9. The highest BCUT2D eigenvalue weighted by atomic mass is 16.5. The molecule has 1 amide bonds. The van der Waals surface area contributed by atoms with Gasteiger partial charge in [-0.2, -0.15) is 0 Å². The summed E-state index contributed by atoms with van der Waals surface area (Å²) in [6.45, 7) is 1.99. The van der Waals surface area contributed by atoms with Gasteiger partial charge in [-0.15, -0.1) is 0 Å². The third kappa shape index (κ3) is 5.39. The van der Waals surface area contributed by atoms with Crippen LogP contribution in [0.1, 0.15) is 29.4 Å². The molecule has 3 heterocycles. The van der Waals surface area contributed by atoms with Gasteiger partial charge in [0.1, 0.15) is 28.5 Å². The van der Waals surface area contributed by atoms with Crippen molar-refractivity contribution in [2.24, 2.45) is 0 Å². The van der Waals surface area contributed by atoms with Gasteiger partial charge in [0.2, 0.25) is 5.91 Å². The second-order valence-electron chi connectivity index (χ2n) is 8.64. The average Bonchev–Trinajstić information content (AvgIpc) is 3.48. The van der Waals surface area contributed by atoms with Crippen molar-refractivity contribution in [2.45, 2.75) is 12.3 Å². The van der Waals surface area contributed by atoms with Gasteiger partial charge in [-0.05, 0) is 38.6 Å². The minimum absolute atomic E-state index is 0.0170. The number of amides is 1. The Morgan fingerprint density at radius 1 is 1.23 bits per heavy atom. The molecular formula is C26H30N6O3. The third-order valence-electron chi connectivity index (χ3n) is 5.88. The van der Waals surface area contributed by atoms with Crippen molar-refractivity contribution in [1.82, 2.24) is 24.2 Å². The van der Waals surface area contributed by atoms with Crippen molar-refractivity contribution in [3.05, 3.63) is 59.8 Å². The molecule has 3 aromatic rings.